The molecule has 0 aromatic rings. The van der Waals surface area contributed by atoms with Gasteiger partial charge in [-0.3, -0.25) is 9.59 Å². The highest BCUT2D eigenvalue weighted by molar-refractivity contribution is 5.69. The number of carbonyl (C=O) groups excluding carboxylic acids is 2. The Kier molecular flexibility index (Phi) is 25.2. The maximum absolute atomic E-state index is 11.5. The first-order chi connectivity index (χ1) is 17.0. The molecular weight excluding hydrogens is 438 g/mol. The minimum absolute atomic E-state index is 0.0288. The molecule has 0 saturated heterocycles. The van der Waals surface area contributed by atoms with Crippen LogP contribution in [0.15, 0.2) is 0 Å². The predicted octanol–water partition coefficient (Wildman–Crippen LogP) is 8.09. The number of hydrogen-bond acceptors (Lipinski definition) is 5. The lowest BCUT2D eigenvalue weighted by atomic mass is 9.96. The van der Waals surface area contributed by atoms with Crippen LogP contribution in [0.2, 0.25) is 0 Å². The van der Waals surface area contributed by atoms with Crippen molar-refractivity contribution in [2.45, 2.75) is 148 Å². The highest BCUT2D eigenvalue weighted by Gasteiger charge is 2.09. The second-order valence-electron chi connectivity index (χ2n) is 10.9. The van der Waals surface area contributed by atoms with E-state index in [1.807, 2.05) is 21.0 Å². The molecule has 1 fully saturated rings. The molecule has 0 heterocycles. The molecule has 208 valence electrons. The van der Waals surface area contributed by atoms with Crippen LogP contribution in [0.3, 0.4) is 0 Å². The van der Waals surface area contributed by atoms with E-state index >= 15 is 0 Å². The van der Waals surface area contributed by atoms with E-state index in [1.165, 1.54) is 89.9 Å². The molecule has 1 saturated carbocycles. The fourth-order valence-electron chi connectivity index (χ4n) is 4.62. The standard InChI is InChI=1S/C16H32.C14H27NO4/c1-16-14-12-10-8-6-4-2-3-5-7-9-11-13-15-16;1-13(8-5-4-6-11-18-12-16)19-14(17)9-7-10-15(2)3/h16H,2-15H2,1H3;12-13H,4-11H2,1-3H3. The molecular formula is C30H59NO4. The van der Waals surface area contributed by atoms with E-state index < -0.39 is 0 Å². The Balaban J connectivity index is 0.000000669. The zero-order chi connectivity index (χ0) is 26.0. The maximum atomic E-state index is 11.5. The van der Waals surface area contributed by atoms with Crippen molar-refractivity contribution in [3.63, 3.8) is 0 Å². The van der Waals surface area contributed by atoms with Gasteiger partial charge in [-0.05, 0) is 65.6 Å². The summed E-state index contributed by atoms with van der Waals surface area (Å²) in [6, 6.07) is 0. The zero-order valence-corrected chi connectivity index (χ0v) is 23.9. The van der Waals surface area contributed by atoms with Gasteiger partial charge in [0, 0.05) is 6.42 Å². The van der Waals surface area contributed by atoms with Gasteiger partial charge in [-0.1, -0.05) is 96.8 Å². The largest absolute Gasteiger partial charge is 0.468 e. The van der Waals surface area contributed by atoms with Gasteiger partial charge >= 0.3 is 5.97 Å². The molecule has 0 amide bonds. The first kappa shape index (κ1) is 33.9. The SMILES string of the molecule is CC(CCCCCOC=O)OC(=O)CCCN(C)C.CC1CCCCCCCCCCCCCC1. The van der Waals surface area contributed by atoms with Crippen molar-refractivity contribution in [3.8, 4) is 0 Å². The molecule has 0 aromatic heterocycles. The molecule has 1 unspecified atom stereocenters. The van der Waals surface area contributed by atoms with Crippen LogP contribution < -0.4 is 0 Å². The van der Waals surface area contributed by atoms with Crippen LogP contribution in [0.1, 0.15) is 142 Å². The topological polar surface area (TPSA) is 55.8 Å². The monoisotopic (exact) mass is 497 g/mol. The van der Waals surface area contributed by atoms with E-state index in [1.54, 1.807) is 0 Å². The van der Waals surface area contributed by atoms with Crippen molar-refractivity contribution in [2.24, 2.45) is 5.92 Å². The van der Waals surface area contributed by atoms with Crippen LogP contribution >= 0.6 is 0 Å². The quantitative estimate of drug-likeness (QED) is 0.155. The number of ether oxygens (including phenoxy) is 2. The Bertz CT molecular complexity index is 453. The van der Waals surface area contributed by atoms with Gasteiger partial charge in [-0.15, -0.1) is 0 Å². The molecule has 1 aliphatic carbocycles. The molecule has 0 aliphatic heterocycles. The molecule has 0 radical (unpaired) electrons. The molecule has 1 aliphatic rings. The summed E-state index contributed by atoms with van der Waals surface area (Å²) in [7, 11) is 3.98. The minimum Gasteiger partial charge on any atom is -0.468 e. The van der Waals surface area contributed by atoms with Crippen LogP contribution in [0.4, 0.5) is 0 Å². The van der Waals surface area contributed by atoms with E-state index in [0.29, 0.717) is 19.5 Å². The minimum atomic E-state index is -0.112. The summed E-state index contributed by atoms with van der Waals surface area (Å²) < 4.78 is 9.91. The molecule has 35 heavy (non-hydrogen) atoms. The summed E-state index contributed by atoms with van der Waals surface area (Å²) in [5.74, 6) is 0.878. The number of rotatable bonds is 12. The second kappa shape index (κ2) is 26.0. The van der Waals surface area contributed by atoms with Crippen molar-refractivity contribution in [3.05, 3.63) is 0 Å². The maximum Gasteiger partial charge on any atom is 0.306 e. The zero-order valence-electron chi connectivity index (χ0n) is 23.9. The highest BCUT2D eigenvalue weighted by atomic mass is 16.5. The third-order valence-corrected chi connectivity index (χ3v) is 6.90. The van der Waals surface area contributed by atoms with Crippen LogP contribution in [0.5, 0.6) is 0 Å². The van der Waals surface area contributed by atoms with E-state index in [9.17, 15) is 9.59 Å². The normalized spacial score (nSPS) is 17.9. The van der Waals surface area contributed by atoms with Gasteiger partial charge in [0.2, 0.25) is 0 Å². The lowest BCUT2D eigenvalue weighted by molar-refractivity contribution is -0.148. The Labute approximate surface area is 218 Å². The summed E-state index contributed by atoms with van der Waals surface area (Å²) in [4.78, 5) is 23.5. The van der Waals surface area contributed by atoms with Gasteiger partial charge < -0.3 is 14.4 Å². The molecule has 0 aromatic carbocycles. The molecule has 1 rings (SSSR count). The van der Waals surface area contributed by atoms with E-state index in [-0.39, 0.29) is 12.1 Å². The summed E-state index contributed by atoms with van der Waals surface area (Å²) in [6.45, 7) is 6.23. The average Bonchev–Trinajstić information content (AvgIpc) is 2.82. The van der Waals surface area contributed by atoms with Gasteiger partial charge in [0.05, 0.1) is 12.7 Å². The molecule has 1 atom stereocenters. The third-order valence-electron chi connectivity index (χ3n) is 6.90. The van der Waals surface area contributed by atoms with E-state index in [0.717, 1.165) is 44.6 Å². The lowest BCUT2D eigenvalue weighted by Crippen LogP contribution is -2.18. The molecule has 0 bridgehead atoms. The van der Waals surface area contributed by atoms with E-state index in [4.69, 9.17) is 4.74 Å². The molecule has 5 heteroatoms. The average molecular weight is 498 g/mol. The van der Waals surface area contributed by atoms with Crippen molar-refractivity contribution >= 4 is 12.4 Å². The second-order valence-corrected chi connectivity index (χ2v) is 10.9. The van der Waals surface area contributed by atoms with Crippen molar-refractivity contribution in [1.82, 2.24) is 4.90 Å². The van der Waals surface area contributed by atoms with Gasteiger partial charge in [0.15, 0.2) is 0 Å². The smallest absolute Gasteiger partial charge is 0.306 e. The number of unbranched alkanes of at least 4 members (excludes halogenated alkanes) is 2. The number of nitrogens with zero attached hydrogens (tertiary/aromatic N) is 1. The van der Waals surface area contributed by atoms with Crippen LogP contribution in [0, 0.1) is 5.92 Å². The summed E-state index contributed by atoms with van der Waals surface area (Å²) in [5.41, 5.74) is 0. The van der Waals surface area contributed by atoms with Crippen molar-refractivity contribution < 1.29 is 19.1 Å². The first-order valence-electron chi connectivity index (χ1n) is 14.8. The predicted molar refractivity (Wildman–Crippen MR) is 148 cm³/mol. The number of hydrogen-bond donors (Lipinski definition) is 0. The molecule has 5 nitrogen and oxygen atoms in total. The highest BCUT2D eigenvalue weighted by Crippen LogP contribution is 2.20. The Morgan fingerprint density at radius 2 is 1.34 bits per heavy atom. The van der Waals surface area contributed by atoms with E-state index in [2.05, 4.69) is 16.6 Å². The van der Waals surface area contributed by atoms with Crippen LogP contribution in [0.25, 0.3) is 0 Å². The lowest BCUT2D eigenvalue weighted by Gasteiger charge is -2.14. The summed E-state index contributed by atoms with van der Waals surface area (Å²) in [5, 5.41) is 0. The van der Waals surface area contributed by atoms with Gasteiger partial charge in [-0.25, -0.2) is 0 Å². The third kappa shape index (κ3) is 27.3. The Morgan fingerprint density at radius 1 is 0.829 bits per heavy atom. The number of esters is 1. The van der Waals surface area contributed by atoms with Gasteiger partial charge in [0.1, 0.15) is 0 Å². The summed E-state index contributed by atoms with van der Waals surface area (Å²) >= 11 is 0. The van der Waals surface area contributed by atoms with Crippen LogP contribution in [-0.2, 0) is 19.1 Å². The van der Waals surface area contributed by atoms with Gasteiger partial charge in [0.25, 0.3) is 6.47 Å². The molecule has 0 spiro atoms. The molecule has 0 N–H and O–H groups in total. The summed E-state index contributed by atoms with van der Waals surface area (Å²) in [6.07, 6.45) is 25.9. The fourth-order valence-corrected chi connectivity index (χ4v) is 4.62. The number of carbonyl (C=O) groups is 2. The van der Waals surface area contributed by atoms with Gasteiger partial charge in [-0.2, -0.15) is 0 Å². The fraction of sp³-hybridized carbons (Fsp3) is 0.933. The van der Waals surface area contributed by atoms with Crippen molar-refractivity contribution in [2.75, 3.05) is 27.2 Å². The van der Waals surface area contributed by atoms with Crippen molar-refractivity contribution in [1.29, 1.82) is 0 Å². The Morgan fingerprint density at radius 3 is 1.83 bits per heavy atom. The van der Waals surface area contributed by atoms with Crippen LogP contribution in [-0.4, -0.2) is 50.7 Å². The Hall–Kier alpha value is -1.10. The first-order valence-corrected chi connectivity index (χ1v) is 14.8.